The van der Waals surface area contributed by atoms with Crippen LogP contribution in [0.4, 0.5) is 13.2 Å². The Balaban J connectivity index is 1.63. The standard InChI is InChI=1S/C25H20ClF3N2O4/c26-19-6-4-16(5-7-19)23(32)30-21(24(33)31-10-12-34-13-11-31)15-20-8-9-22(35-20)17-2-1-3-18(14-17)25(27,28)29/h1-9,14-15H,10-13H2,(H,30,32)/b21-15-. The van der Waals surface area contributed by atoms with Crippen LogP contribution in [0.2, 0.25) is 5.02 Å². The minimum absolute atomic E-state index is 0.0446. The lowest BCUT2D eigenvalue weighted by atomic mass is 10.1. The molecule has 1 aliphatic heterocycles. The van der Waals surface area contributed by atoms with Crippen LogP contribution in [-0.2, 0) is 15.7 Å². The number of morpholine rings is 1. The number of nitrogens with zero attached hydrogens (tertiary/aromatic N) is 1. The van der Waals surface area contributed by atoms with Crippen LogP contribution in [0.3, 0.4) is 0 Å². The van der Waals surface area contributed by atoms with Crippen LogP contribution in [0.1, 0.15) is 21.7 Å². The van der Waals surface area contributed by atoms with Gasteiger partial charge in [-0.3, -0.25) is 9.59 Å². The van der Waals surface area contributed by atoms with E-state index in [9.17, 15) is 22.8 Å². The number of amides is 2. The van der Waals surface area contributed by atoms with Gasteiger partial charge < -0.3 is 19.4 Å². The molecule has 0 aliphatic carbocycles. The lowest BCUT2D eigenvalue weighted by Crippen LogP contribution is -2.44. The number of carbonyl (C=O) groups excluding carboxylic acids is 2. The van der Waals surface area contributed by atoms with Gasteiger partial charge in [-0.15, -0.1) is 0 Å². The number of hydrogen-bond donors (Lipinski definition) is 1. The highest BCUT2D eigenvalue weighted by molar-refractivity contribution is 6.30. The highest BCUT2D eigenvalue weighted by atomic mass is 35.5. The molecule has 35 heavy (non-hydrogen) atoms. The van der Waals surface area contributed by atoms with Gasteiger partial charge in [-0.05, 0) is 48.5 Å². The van der Waals surface area contributed by atoms with Crippen LogP contribution in [0, 0.1) is 0 Å². The summed E-state index contributed by atoms with van der Waals surface area (Å²) in [4.78, 5) is 27.5. The first-order valence-electron chi connectivity index (χ1n) is 10.6. The number of alkyl halides is 3. The molecule has 6 nitrogen and oxygen atoms in total. The summed E-state index contributed by atoms with van der Waals surface area (Å²) in [6.45, 7) is 1.43. The molecule has 182 valence electrons. The van der Waals surface area contributed by atoms with Crippen LogP contribution >= 0.6 is 11.6 Å². The molecule has 0 atom stereocenters. The minimum Gasteiger partial charge on any atom is -0.457 e. The topological polar surface area (TPSA) is 71.8 Å². The van der Waals surface area contributed by atoms with E-state index in [0.717, 1.165) is 12.1 Å². The van der Waals surface area contributed by atoms with Crippen molar-refractivity contribution in [3.05, 3.63) is 88.3 Å². The largest absolute Gasteiger partial charge is 0.457 e. The van der Waals surface area contributed by atoms with Gasteiger partial charge in [-0.25, -0.2) is 0 Å². The van der Waals surface area contributed by atoms with Crippen LogP contribution in [-0.4, -0.2) is 43.0 Å². The molecule has 4 rings (SSSR count). The number of furan rings is 1. The molecule has 1 aliphatic rings. The second-order valence-corrected chi connectivity index (χ2v) is 8.14. The van der Waals surface area contributed by atoms with Crippen molar-refractivity contribution in [3.8, 4) is 11.3 Å². The second-order valence-electron chi connectivity index (χ2n) is 7.70. The van der Waals surface area contributed by atoms with Crippen molar-refractivity contribution in [1.82, 2.24) is 10.2 Å². The number of ether oxygens (including phenoxy) is 1. The van der Waals surface area contributed by atoms with Gasteiger partial charge in [0, 0.05) is 35.3 Å². The zero-order valence-corrected chi connectivity index (χ0v) is 19.0. The summed E-state index contributed by atoms with van der Waals surface area (Å²) < 4.78 is 50.2. The Morgan fingerprint density at radius 1 is 1.00 bits per heavy atom. The lowest BCUT2D eigenvalue weighted by Gasteiger charge is -2.27. The van der Waals surface area contributed by atoms with Crippen LogP contribution in [0.25, 0.3) is 17.4 Å². The van der Waals surface area contributed by atoms with Crippen molar-refractivity contribution >= 4 is 29.5 Å². The molecule has 1 N–H and O–H groups in total. The molecular formula is C25H20ClF3N2O4. The Morgan fingerprint density at radius 3 is 2.40 bits per heavy atom. The van der Waals surface area contributed by atoms with E-state index in [0.29, 0.717) is 36.9 Å². The molecule has 0 saturated carbocycles. The van der Waals surface area contributed by atoms with Crippen LogP contribution in [0.5, 0.6) is 0 Å². The predicted molar refractivity (Wildman–Crippen MR) is 123 cm³/mol. The van der Waals surface area contributed by atoms with E-state index in [2.05, 4.69) is 5.32 Å². The summed E-state index contributed by atoms with van der Waals surface area (Å²) in [6, 6.07) is 13.9. The molecule has 1 aromatic heterocycles. The summed E-state index contributed by atoms with van der Waals surface area (Å²) in [5, 5.41) is 3.07. The molecular weight excluding hydrogens is 485 g/mol. The second kappa shape index (κ2) is 10.4. The van der Waals surface area contributed by atoms with E-state index in [-0.39, 0.29) is 22.8 Å². The molecule has 0 radical (unpaired) electrons. The van der Waals surface area contributed by atoms with Gasteiger partial charge in [0.15, 0.2) is 0 Å². The number of rotatable bonds is 5. The summed E-state index contributed by atoms with van der Waals surface area (Å²) >= 11 is 5.88. The van der Waals surface area contributed by atoms with Crippen molar-refractivity contribution in [2.45, 2.75) is 6.18 Å². The van der Waals surface area contributed by atoms with E-state index in [1.807, 2.05) is 0 Å². The van der Waals surface area contributed by atoms with E-state index in [4.69, 9.17) is 20.8 Å². The molecule has 10 heteroatoms. The normalized spacial score (nSPS) is 14.6. The van der Waals surface area contributed by atoms with E-state index >= 15 is 0 Å². The first-order chi connectivity index (χ1) is 16.7. The van der Waals surface area contributed by atoms with E-state index in [1.54, 1.807) is 12.1 Å². The lowest BCUT2D eigenvalue weighted by molar-refractivity contribution is -0.137. The molecule has 1 fully saturated rings. The van der Waals surface area contributed by atoms with Crippen molar-refractivity contribution in [2.24, 2.45) is 0 Å². The first kappa shape index (κ1) is 24.6. The maximum absolute atomic E-state index is 13.2. The highest BCUT2D eigenvalue weighted by Crippen LogP contribution is 2.33. The quantitative estimate of drug-likeness (QED) is 0.482. The molecule has 2 heterocycles. The van der Waals surface area contributed by atoms with Crippen molar-refractivity contribution < 1.29 is 31.9 Å². The number of hydrogen-bond acceptors (Lipinski definition) is 4. The molecule has 2 aromatic carbocycles. The first-order valence-corrected chi connectivity index (χ1v) is 11.0. The molecule has 0 unspecified atom stereocenters. The van der Waals surface area contributed by atoms with Crippen molar-refractivity contribution in [1.29, 1.82) is 0 Å². The van der Waals surface area contributed by atoms with Gasteiger partial charge in [0.1, 0.15) is 17.2 Å². The Bertz CT molecular complexity index is 1250. The fraction of sp³-hybridized carbons (Fsp3) is 0.200. The summed E-state index contributed by atoms with van der Waals surface area (Å²) in [6.07, 6.45) is -3.14. The molecule has 3 aromatic rings. The van der Waals surface area contributed by atoms with Crippen LogP contribution in [0.15, 0.2) is 70.8 Å². The number of nitrogens with one attached hydrogen (secondary N) is 1. The highest BCUT2D eigenvalue weighted by Gasteiger charge is 2.30. The maximum atomic E-state index is 13.2. The predicted octanol–water partition coefficient (Wildman–Crippen LogP) is 5.25. The third kappa shape index (κ3) is 6.12. The fourth-order valence-electron chi connectivity index (χ4n) is 3.46. The smallest absolute Gasteiger partial charge is 0.416 e. The zero-order chi connectivity index (χ0) is 25.0. The number of carbonyl (C=O) groups is 2. The number of benzene rings is 2. The van der Waals surface area contributed by atoms with Gasteiger partial charge in [-0.1, -0.05) is 23.7 Å². The average Bonchev–Trinajstić information content (AvgIpc) is 3.32. The third-order valence-electron chi connectivity index (χ3n) is 5.27. The molecule has 2 amide bonds. The minimum atomic E-state index is -4.49. The fourth-order valence-corrected chi connectivity index (χ4v) is 3.59. The average molecular weight is 505 g/mol. The van der Waals surface area contributed by atoms with E-state index in [1.165, 1.54) is 47.4 Å². The van der Waals surface area contributed by atoms with Gasteiger partial charge in [-0.2, -0.15) is 13.2 Å². The summed E-state index contributed by atoms with van der Waals surface area (Å²) in [5.74, 6) is -0.596. The maximum Gasteiger partial charge on any atom is 0.416 e. The van der Waals surface area contributed by atoms with Gasteiger partial charge >= 0.3 is 6.18 Å². The summed E-state index contributed by atoms with van der Waals surface area (Å²) in [7, 11) is 0. The Labute approximate surface area is 203 Å². The summed E-state index contributed by atoms with van der Waals surface area (Å²) in [5.41, 5.74) is -0.330. The van der Waals surface area contributed by atoms with Gasteiger partial charge in [0.2, 0.25) is 0 Å². The van der Waals surface area contributed by atoms with E-state index < -0.39 is 23.6 Å². The van der Waals surface area contributed by atoms with Crippen molar-refractivity contribution in [2.75, 3.05) is 26.3 Å². The van der Waals surface area contributed by atoms with Gasteiger partial charge in [0.25, 0.3) is 11.8 Å². The Kier molecular flexibility index (Phi) is 7.28. The Hall–Kier alpha value is -3.56. The zero-order valence-electron chi connectivity index (χ0n) is 18.3. The Morgan fingerprint density at radius 2 is 1.71 bits per heavy atom. The number of halogens is 4. The van der Waals surface area contributed by atoms with Crippen molar-refractivity contribution in [3.63, 3.8) is 0 Å². The molecule has 0 bridgehead atoms. The SMILES string of the molecule is O=C(N/C(=C\c1ccc(-c2cccc(C(F)(F)F)c2)o1)C(=O)N1CCOCC1)c1ccc(Cl)cc1. The third-order valence-corrected chi connectivity index (χ3v) is 5.52. The monoisotopic (exact) mass is 504 g/mol. The van der Waals surface area contributed by atoms with Crippen LogP contribution < -0.4 is 5.32 Å². The molecule has 0 spiro atoms. The van der Waals surface area contributed by atoms with Gasteiger partial charge in [0.05, 0.1) is 18.8 Å². The molecule has 1 saturated heterocycles.